The summed E-state index contributed by atoms with van der Waals surface area (Å²) in [6.45, 7) is 15.7. The molecule has 1 aliphatic rings. The second kappa shape index (κ2) is 8.50. The van der Waals surface area contributed by atoms with Crippen molar-refractivity contribution in [1.29, 1.82) is 0 Å². The van der Waals surface area contributed by atoms with Gasteiger partial charge < -0.3 is 5.11 Å². The van der Waals surface area contributed by atoms with Gasteiger partial charge in [0.05, 0.1) is 10.8 Å². The number of rotatable bonds is 5. The van der Waals surface area contributed by atoms with Crippen LogP contribution in [-0.2, 0) is 15.6 Å². The van der Waals surface area contributed by atoms with E-state index in [9.17, 15) is 9.90 Å². The van der Waals surface area contributed by atoms with E-state index in [2.05, 4.69) is 48.5 Å². The van der Waals surface area contributed by atoms with Gasteiger partial charge in [-0.3, -0.25) is 9.80 Å². The first-order chi connectivity index (χ1) is 12.9. The van der Waals surface area contributed by atoms with Crippen LogP contribution >= 0.6 is 11.8 Å². The van der Waals surface area contributed by atoms with E-state index in [1.54, 1.807) is 11.8 Å². The van der Waals surface area contributed by atoms with Crippen LogP contribution < -0.4 is 0 Å². The first-order valence-corrected chi connectivity index (χ1v) is 11.1. The standard InChI is InChI=1S/C23H36N2O2S/c1-9-10-11-24(8)25-15-28-19(21(25)27)14-16-12-17(22(2,3)4)20(26)18(13-16)23(5,6)7/h12-14,26H,9-11,15H2,1-8H3. The third-order valence-electron chi connectivity index (χ3n) is 5.08. The number of phenolic OH excluding ortho intramolecular Hbond substituents is 1. The largest absolute Gasteiger partial charge is 0.507 e. The monoisotopic (exact) mass is 404 g/mol. The average molecular weight is 405 g/mol. The molecule has 0 bridgehead atoms. The van der Waals surface area contributed by atoms with Crippen molar-refractivity contribution in [1.82, 2.24) is 10.0 Å². The minimum Gasteiger partial charge on any atom is -0.507 e. The molecule has 1 aromatic rings. The number of hydrazine groups is 1. The van der Waals surface area contributed by atoms with Crippen LogP contribution in [-0.4, -0.2) is 40.5 Å². The molecule has 1 aliphatic heterocycles. The number of aromatic hydroxyl groups is 1. The fraction of sp³-hybridized carbons (Fsp3) is 0.609. The van der Waals surface area contributed by atoms with Gasteiger partial charge in [-0.05, 0) is 41.0 Å². The third kappa shape index (κ3) is 5.12. The second-order valence-corrected chi connectivity index (χ2v) is 10.7. The lowest BCUT2D eigenvalue weighted by Crippen LogP contribution is -2.41. The van der Waals surface area contributed by atoms with Gasteiger partial charge in [0.1, 0.15) is 5.75 Å². The van der Waals surface area contributed by atoms with Crippen molar-refractivity contribution in [2.24, 2.45) is 0 Å². The van der Waals surface area contributed by atoms with Crippen LogP contribution in [0.25, 0.3) is 6.08 Å². The van der Waals surface area contributed by atoms with Crippen molar-refractivity contribution in [2.45, 2.75) is 72.1 Å². The van der Waals surface area contributed by atoms with E-state index >= 15 is 0 Å². The van der Waals surface area contributed by atoms with Crippen molar-refractivity contribution < 1.29 is 9.90 Å². The molecule has 1 N–H and O–H groups in total. The Balaban J connectivity index is 2.42. The number of hydrogen-bond donors (Lipinski definition) is 1. The highest BCUT2D eigenvalue weighted by Gasteiger charge is 2.31. The van der Waals surface area contributed by atoms with E-state index in [4.69, 9.17) is 0 Å². The predicted molar refractivity (Wildman–Crippen MR) is 120 cm³/mol. The Bertz CT molecular complexity index is 722. The number of amides is 1. The summed E-state index contributed by atoms with van der Waals surface area (Å²) >= 11 is 1.58. The molecule has 1 saturated heterocycles. The van der Waals surface area contributed by atoms with E-state index in [0.29, 0.717) is 11.6 Å². The van der Waals surface area contributed by atoms with Gasteiger partial charge >= 0.3 is 0 Å². The van der Waals surface area contributed by atoms with Gasteiger partial charge in [-0.15, -0.1) is 0 Å². The molecule has 1 fully saturated rings. The quantitative estimate of drug-likeness (QED) is 0.657. The molecule has 28 heavy (non-hydrogen) atoms. The lowest BCUT2D eigenvalue weighted by Gasteiger charge is -2.28. The first-order valence-electron chi connectivity index (χ1n) is 10.1. The van der Waals surface area contributed by atoms with Crippen molar-refractivity contribution >= 4 is 23.7 Å². The normalized spacial score (nSPS) is 17.2. The van der Waals surface area contributed by atoms with Crippen molar-refractivity contribution in [3.8, 4) is 5.75 Å². The molecule has 0 aromatic heterocycles. The molecule has 4 nitrogen and oxygen atoms in total. The van der Waals surface area contributed by atoms with E-state index in [-0.39, 0.29) is 16.7 Å². The van der Waals surface area contributed by atoms with E-state index < -0.39 is 0 Å². The molecule has 1 heterocycles. The summed E-state index contributed by atoms with van der Waals surface area (Å²) in [4.78, 5) is 13.6. The average Bonchev–Trinajstić information content (AvgIpc) is 2.92. The summed E-state index contributed by atoms with van der Waals surface area (Å²) in [5.41, 5.74) is 2.44. The fourth-order valence-electron chi connectivity index (χ4n) is 3.28. The van der Waals surface area contributed by atoms with E-state index in [1.807, 2.05) is 35.3 Å². The summed E-state index contributed by atoms with van der Waals surface area (Å²) in [6, 6.07) is 4.05. The Morgan fingerprint density at radius 2 is 1.68 bits per heavy atom. The van der Waals surface area contributed by atoms with Crippen LogP contribution in [0.4, 0.5) is 0 Å². The Kier molecular flexibility index (Phi) is 6.93. The SMILES string of the molecule is CCCCN(C)N1CSC(=Cc2cc(C(C)(C)C)c(O)c(C(C)(C)C)c2)C1=O. The number of thioether (sulfide) groups is 1. The predicted octanol–water partition coefficient (Wildman–Crippen LogP) is 5.51. The third-order valence-corrected chi connectivity index (χ3v) is 6.06. The number of hydrogen-bond acceptors (Lipinski definition) is 4. The minimum atomic E-state index is -0.183. The second-order valence-electron chi connectivity index (χ2n) is 9.69. The number of nitrogens with zero attached hydrogens (tertiary/aromatic N) is 2. The molecule has 0 radical (unpaired) electrons. The number of phenols is 1. The van der Waals surface area contributed by atoms with Gasteiger partial charge in [0.2, 0.25) is 0 Å². The van der Waals surface area contributed by atoms with Crippen molar-refractivity contribution in [3.63, 3.8) is 0 Å². The number of carbonyl (C=O) groups is 1. The maximum absolute atomic E-state index is 12.9. The van der Waals surface area contributed by atoms with Crippen molar-refractivity contribution in [3.05, 3.63) is 33.7 Å². The smallest absolute Gasteiger partial charge is 0.275 e. The van der Waals surface area contributed by atoms with Crippen LogP contribution in [0.5, 0.6) is 5.75 Å². The highest BCUT2D eigenvalue weighted by atomic mass is 32.2. The van der Waals surface area contributed by atoms with E-state index in [0.717, 1.165) is 41.0 Å². The summed E-state index contributed by atoms with van der Waals surface area (Å²) in [6.07, 6.45) is 4.16. The Hall–Kier alpha value is -1.46. The van der Waals surface area contributed by atoms with Gasteiger partial charge in [0, 0.05) is 24.7 Å². The van der Waals surface area contributed by atoms with Crippen LogP contribution in [0.15, 0.2) is 17.0 Å². The molecular weight excluding hydrogens is 368 g/mol. The number of carbonyl (C=O) groups excluding carboxylic acids is 1. The molecule has 1 aromatic carbocycles. The fourth-order valence-corrected chi connectivity index (χ4v) is 4.30. The zero-order valence-electron chi connectivity index (χ0n) is 18.7. The molecule has 5 heteroatoms. The number of benzene rings is 1. The Morgan fingerprint density at radius 3 is 2.14 bits per heavy atom. The molecule has 0 aliphatic carbocycles. The zero-order chi connectivity index (χ0) is 21.3. The van der Waals surface area contributed by atoms with Gasteiger partial charge in [-0.2, -0.15) is 0 Å². The lowest BCUT2D eigenvalue weighted by atomic mass is 9.78. The van der Waals surface area contributed by atoms with Gasteiger partial charge in [-0.25, -0.2) is 5.01 Å². The van der Waals surface area contributed by atoms with Gasteiger partial charge in [0.25, 0.3) is 5.91 Å². The Labute approximate surface area is 175 Å². The van der Waals surface area contributed by atoms with Crippen molar-refractivity contribution in [2.75, 3.05) is 19.5 Å². The first kappa shape index (κ1) is 22.8. The van der Waals surface area contributed by atoms with Crippen LogP contribution in [0.2, 0.25) is 0 Å². The van der Waals surface area contributed by atoms with E-state index in [1.165, 1.54) is 0 Å². The topological polar surface area (TPSA) is 43.8 Å². The molecular formula is C23H36N2O2S. The maximum Gasteiger partial charge on any atom is 0.275 e. The molecule has 0 atom stereocenters. The summed E-state index contributed by atoms with van der Waals surface area (Å²) in [5, 5.41) is 14.7. The molecule has 0 spiro atoms. The maximum atomic E-state index is 12.9. The lowest BCUT2D eigenvalue weighted by molar-refractivity contribution is -0.138. The molecule has 1 amide bonds. The summed E-state index contributed by atoms with van der Waals surface area (Å²) in [7, 11) is 1.98. The van der Waals surface area contributed by atoms with Crippen LogP contribution in [0.3, 0.4) is 0 Å². The van der Waals surface area contributed by atoms with Crippen LogP contribution in [0.1, 0.15) is 78.0 Å². The highest BCUT2D eigenvalue weighted by Crippen LogP contribution is 2.41. The Morgan fingerprint density at radius 1 is 1.14 bits per heavy atom. The molecule has 2 rings (SSSR count). The molecule has 0 saturated carbocycles. The molecule has 0 unspecified atom stereocenters. The summed E-state index contributed by atoms with van der Waals surface area (Å²) in [5.74, 6) is 1.08. The van der Waals surface area contributed by atoms with Crippen LogP contribution in [0, 0.1) is 0 Å². The zero-order valence-corrected chi connectivity index (χ0v) is 19.5. The highest BCUT2D eigenvalue weighted by molar-refractivity contribution is 8.04. The summed E-state index contributed by atoms with van der Waals surface area (Å²) < 4.78 is 0. The molecule has 156 valence electrons. The number of unbranched alkanes of at least 4 members (excludes halogenated alkanes) is 1. The van der Waals surface area contributed by atoms with Gasteiger partial charge in [-0.1, -0.05) is 66.6 Å². The van der Waals surface area contributed by atoms with Gasteiger partial charge in [0.15, 0.2) is 0 Å². The minimum absolute atomic E-state index is 0.0614.